The van der Waals surface area contributed by atoms with Gasteiger partial charge in [0.15, 0.2) is 11.0 Å². The Morgan fingerprint density at radius 1 is 1.53 bits per heavy atom. The normalized spacial score (nSPS) is 16.9. The van der Waals surface area contributed by atoms with Crippen LogP contribution in [0.5, 0.6) is 0 Å². The maximum Gasteiger partial charge on any atom is 0.277 e. The summed E-state index contributed by atoms with van der Waals surface area (Å²) in [7, 11) is 0. The van der Waals surface area contributed by atoms with Gasteiger partial charge in [0, 0.05) is 12.3 Å². The molecule has 3 rings (SSSR count). The van der Waals surface area contributed by atoms with E-state index < -0.39 is 5.54 Å². The predicted octanol–water partition coefficient (Wildman–Crippen LogP) is 1.49. The molecule has 0 unspecified atom stereocenters. The lowest BCUT2D eigenvalue weighted by Gasteiger charge is -2.34. The van der Waals surface area contributed by atoms with E-state index in [9.17, 15) is 4.79 Å². The second-order valence-electron chi connectivity index (χ2n) is 4.65. The van der Waals surface area contributed by atoms with Crippen molar-refractivity contribution in [2.45, 2.75) is 31.7 Å². The van der Waals surface area contributed by atoms with Crippen LogP contribution in [-0.2, 0) is 10.3 Å². The minimum atomic E-state index is -0.446. The SMILES string of the molecule is CC(=O)Nc1nc(-c2nc(C3(N)CCC3)no2)cs1. The second-order valence-corrected chi connectivity index (χ2v) is 5.51. The number of amides is 1. The Hall–Kier alpha value is -1.80. The molecule has 1 aliphatic rings. The van der Waals surface area contributed by atoms with E-state index in [0.717, 1.165) is 19.3 Å². The summed E-state index contributed by atoms with van der Waals surface area (Å²) in [5, 5.41) is 8.80. The van der Waals surface area contributed by atoms with Gasteiger partial charge in [-0.2, -0.15) is 4.98 Å². The van der Waals surface area contributed by atoms with Crippen molar-refractivity contribution in [3.05, 3.63) is 11.2 Å². The highest BCUT2D eigenvalue weighted by atomic mass is 32.1. The quantitative estimate of drug-likeness (QED) is 0.881. The molecular formula is C11H13N5O2S. The lowest BCUT2D eigenvalue weighted by molar-refractivity contribution is -0.114. The molecule has 0 atom stereocenters. The van der Waals surface area contributed by atoms with Crippen molar-refractivity contribution in [2.75, 3.05) is 5.32 Å². The van der Waals surface area contributed by atoms with E-state index in [4.69, 9.17) is 10.3 Å². The molecule has 3 N–H and O–H groups in total. The molecule has 2 aromatic heterocycles. The number of nitrogens with two attached hydrogens (primary N) is 1. The largest absolute Gasteiger partial charge is 0.332 e. The fourth-order valence-electron chi connectivity index (χ4n) is 1.89. The summed E-state index contributed by atoms with van der Waals surface area (Å²) >= 11 is 1.31. The average molecular weight is 279 g/mol. The maximum atomic E-state index is 10.9. The molecule has 8 heteroatoms. The van der Waals surface area contributed by atoms with Gasteiger partial charge < -0.3 is 15.6 Å². The number of nitrogens with one attached hydrogen (secondary N) is 1. The summed E-state index contributed by atoms with van der Waals surface area (Å²) in [4.78, 5) is 19.4. The molecule has 0 bridgehead atoms. The lowest BCUT2D eigenvalue weighted by Crippen LogP contribution is -2.44. The molecule has 0 aliphatic heterocycles. The third kappa shape index (κ3) is 2.24. The molecule has 7 nitrogen and oxygen atoms in total. The first-order valence-electron chi connectivity index (χ1n) is 5.93. The summed E-state index contributed by atoms with van der Waals surface area (Å²) in [6, 6.07) is 0. The minimum absolute atomic E-state index is 0.164. The zero-order valence-corrected chi connectivity index (χ0v) is 11.2. The molecular weight excluding hydrogens is 266 g/mol. The zero-order valence-electron chi connectivity index (χ0n) is 10.3. The van der Waals surface area contributed by atoms with Gasteiger partial charge in [-0.25, -0.2) is 4.98 Å². The van der Waals surface area contributed by atoms with Gasteiger partial charge in [-0.05, 0) is 19.3 Å². The minimum Gasteiger partial charge on any atom is -0.332 e. The predicted molar refractivity (Wildman–Crippen MR) is 69.4 cm³/mol. The van der Waals surface area contributed by atoms with Crippen LogP contribution in [0.2, 0.25) is 0 Å². The summed E-state index contributed by atoms with van der Waals surface area (Å²) in [6.07, 6.45) is 2.84. The monoisotopic (exact) mass is 279 g/mol. The summed E-state index contributed by atoms with van der Waals surface area (Å²) in [5.74, 6) is 0.699. The van der Waals surface area contributed by atoms with Gasteiger partial charge in [-0.1, -0.05) is 5.16 Å². The van der Waals surface area contributed by atoms with E-state index in [-0.39, 0.29) is 5.91 Å². The second kappa shape index (κ2) is 4.39. The Bertz CT molecular complexity index is 616. The Morgan fingerprint density at radius 2 is 2.32 bits per heavy atom. The van der Waals surface area contributed by atoms with Gasteiger partial charge in [0.1, 0.15) is 5.69 Å². The van der Waals surface area contributed by atoms with Crippen molar-refractivity contribution in [1.29, 1.82) is 0 Å². The van der Waals surface area contributed by atoms with Crippen molar-refractivity contribution < 1.29 is 9.32 Å². The fourth-order valence-corrected chi connectivity index (χ4v) is 2.62. The van der Waals surface area contributed by atoms with Crippen molar-refractivity contribution in [2.24, 2.45) is 5.73 Å². The van der Waals surface area contributed by atoms with Crippen LogP contribution in [0.1, 0.15) is 32.0 Å². The molecule has 2 heterocycles. The van der Waals surface area contributed by atoms with Crippen LogP contribution >= 0.6 is 11.3 Å². The van der Waals surface area contributed by atoms with Crippen LogP contribution in [0, 0.1) is 0 Å². The van der Waals surface area contributed by atoms with Crippen LogP contribution < -0.4 is 11.1 Å². The smallest absolute Gasteiger partial charge is 0.277 e. The first kappa shape index (κ1) is 12.2. The number of aromatic nitrogens is 3. The maximum absolute atomic E-state index is 10.9. The first-order valence-corrected chi connectivity index (χ1v) is 6.81. The summed E-state index contributed by atoms with van der Waals surface area (Å²) < 4.78 is 5.18. The molecule has 100 valence electrons. The molecule has 19 heavy (non-hydrogen) atoms. The van der Waals surface area contributed by atoms with Crippen molar-refractivity contribution >= 4 is 22.4 Å². The Balaban J connectivity index is 1.82. The number of carbonyl (C=O) groups excluding carboxylic acids is 1. The van der Waals surface area contributed by atoms with Crippen molar-refractivity contribution in [3.8, 4) is 11.6 Å². The number of hydrogen-bond donors (Lipinski definition) is 2. The highest BCUT2D eigenvalue weighted by Crippen LogP contribution is 2.37. The fraction of sp³-hybridized carbons (Fsp3) is 0.455. The summed E-state index contributed by atoms with van der Waals surface area (Å²) in [6.45, 7) is 1.43. The molecule has 0 radical (unpaired) electrons. The first-order chi connectivity index (χ1) is 9.07. The van der Waals surface area contributed by atoms with Gasteiger partial charge >= 0.3 is 0 Å². The van der Waals surface area contributed by atoms with Gasteiger partial charge in [0.2, 0.25) is 5.91 Å². The van der Waals surface area contributed by atoms with E-state index in [1.807, 2.05) is 0 Å². The third-order valence-electron chi connectivity index (χ3n) is 3.12. The van der Waals surface area contributed by atoms with Crippen LogP contribution in [0.25, 0.3) is 11.6 Å². The number of nitrogens with zero attached hydrogens (tertiary/aromatic N) is 3. The lowest BCUT2D eigenvalue weighted by atomic mass is 9.77. The molecule has 1 saturated carbocycles. The molecule has 0 spiro atoms. The molecule has 1 amide bonds. The van der Waals surface area contributed by atoms with Crippen molar-refractivity contribution in [3.63, 3.8) is 0 Å². The molecule has 0 aromatic carbocycles. The van der Waals surface area contributed by atoms with E-state index >= 15 is 0 Å². The number of rotatable bonds is 3. The van der Waals surface area contributed by atoms with Crippen LogP contribution in [-0.4, -0.2) is 21.0 Å². The van der Waals surface area contributed by atoms with Gasteiger partial charge in [-0.15, -0.1) is 11.3 Å². The number of hydrogen-bond acceptors (Lipinski definition) is 7. The van der Waals surface area contributed by atoms with Crippen LogP contribution in [0.3, 0.4) is 0 Å². The van der Waals surface area contributed by atoms with Gasteiger partial charge in [0.05, 0.1) is 5.54 Å². The Labute approximate surface area is 113 Å². The van der Waals surface area contributed by atoms with Gasteiger partial charge in [0.25, 0.3) is 5.89 Å². The molecule has 0 saturated heterocycles. The average Bonchev–Trinajstić information content (AvgIpc) is 2.93. The standard InChI is InChI=1S/C11H13N5O2S/c1-6(17)13-10-14-7(5-19-10)8-15-9(16-18-8)11(12)3-2-4-11/h5H,2-4,12H2,1H3,(H,13,14,17). The van der Waals surface area contributed by atoms with E-state index in [2.05, 4.69) is 20.4 Å². The Kier molecular flexibility index (Phi) is 2.83. The van der Waals surface area contributed by atoms with Crippen LogP contribution in [0.15, 0.2) is 9.90 Å². The Morgan fingerprint density at radius 3 is 2.95 bits per heavy atom. The highest BCUT2D eigenvalue weighted by Gasteiger charge is 2.39. The zero-order chi connectivity index (χ0) is 13.5. The van der Waals surface area contributed by atoms with Crippen molar-refractivity contribution in [1.82, 2.24) is 15.1 Å². The molecule has 1 fully saturated rings. The van der Waals surface area contributed by atoms with E-state index in [1.165, 1.54) is 18.3 Å². The van der Waals surface area contributed by atoms with E-state index in [1.54, 1.807) is 5.38 Å². The highest BCUT2D eigenvalue weighted by molar-refractivity contribution is 7.14. The number of carbonyl (C=O) groups is 1. The number of anilines is 1. The van der Waals surface area contributed by atoms with Crippen LogP contribution in [0.4, 0.5) is 5.13 Å². The third-order valence-corrected chi connectivity index (χ3v) is 3.88. The van der Waals surface area contributed by atoms with Gasteiger partial charge in [-0.3, -0.25) is 4.79 Å². The summed E-state index contributed by atoms with van der Waals surface area (Å²) in [5.41, 5.74) is 6.23. The number of thiazole rings is 1. The molecule has 1 aliphatic carbocycles. The topological polar surface area (TPSA) is 107 Å². The molecule has 2 aromatic rings. The van der Waals surface area contributed by atoms with E-state index in [0.29, 0.717) is 22.5 Å².